The lowest BCUT2D eigenvalue weighted by atomic mass is 9.95. The number of benzene rings is 2. The number of nitrogens with one attached hydrogen (secondary N) is 2. The van der Waals surface area contributed by atoms with Gasteiger partial charge in [-0.25, -0.2) is 0 Å². The third kappa shape index (κ3) is 6.82. The van der Waals surface area contributed by atoms with Crippen LogP contribution in [0.15, 0.2) is 48.5 Å². The van der Waals surface area contributed by atoms with Crippen molar-refractivity contribution in [2.75, 3.05) is 18.4 Å². The van der Waals surface area contributed by atoms with Crippen LogP contribution in [0.3, 0.4) is 0 Å². The molecule has 9 heteroatoms. The lowest BCUT2D eigenvalue weighted by Crippen LogP contribution is -2.42. The molecule has 0 aromatic heterocycles. The Kier molecular flexibility index (Phi) is 8.31. The smallest absolute Gasteiger partial charge is 0.352 e. The van der Waals surface area contributed by atoms with Gasteiger partial charge in [0.05, 0.1) is 5.56 Å². The normalized spacial score (nSPS) is 14.5. The highest BCUT2D eigenvalue weighted by Crippen LogP contribution is 2.29. The Morgan fingerprint density at radius 2 is 1.71 bits per heavy atom. The number of rotatable bonds is 7. The van der Waals surface area contributed by atoms with E-state index in [0.717, 1.165) is 24.1 Å². The van der Waals surface area contributed by atoms with Crippen LogP contribution in [0.25, 0.3) is 0 Å². The number of carbonyl (C=O) groups excluding carboxylic acids is 3. The van der Waals surface area contributed by atoms with Crippen molar-refractivity contribution in [1.29, 1.82) is 0 Å². The van der Waals surface area contributed by atoms with Crippen molar-refractivity contribution >= 4 is 23.4 Å². The first-order chi connectivity index (χ1) is 16.2. The van der Waals surface area contributed by atoms with Crippen LogP contribution < -0.4 is 10.6 Å². The summed E-state index contributed by atoms with van der Waals surface area (Å²) in [5.74, 6) is -0.748. The first-order valence-electron chi connectivity index (χ1n) is 11.3. The summed E-state index contributed by atoms with van der Waals surface area (Å²) in [7, 11) is 0. The van der Waals surface area contributed by atoms with Gasteiger partial charge in [0.2, 0.25) is 11.8 Å². The molecule has 1 saturated heterocycles. The molecule has 34 heavy (non-hydrogen) atoms. The number of piperidine rings is 1. The van der Waals surface area contributed by atoms with Crippen molar-refractivity contribution in [2.24, 2.45) is 5.92 Å². The number of hydrogen-bond acceptors (Lipinski definition) is 3. The van der Waals surface area contributed by atoms with Crippen LogP contribution in [0.5, 0.6) is 0 Å². The highest BCUT2D eigenvalue weighted by atomic mass is 19.4. The maximum Gasteiger partial charge on any atom is 0.416 e. The molecule has 0 atom stereocenters. The average Bonchev–Trinajstić information content (AvgIpc) is 2.82. The number of nitrogens with zero attached hydrogens (tertiary/aromatic N) is 1. The van der Waals surface area contributed by atoms with Crippen LogP contribution in [0.2, 0.25) is 0 Å². The van der Waals surface area contributed by atoms with Crippen molar-refractivity contribution in [3.8, 4) is 0 Å². The van der Waals surface area contributed by atoms with E-state index in [1.165, 1.54) is 12.1 Å². The van der Waals surface area contributed by atoms with Crippen molar-refractivity contribution in [3.63, 3.8) is 0 Å². The van der Waals surface area contributed by atoms with Gasteiger partial charge in [-0.05, 0) is 61.2 Å². The van der Waals surface area contributed by atoms with E-state index in [9.17, 15) is 27.6 Å². The molecule has 0 aliphatic carbocycles. The molecule has 2 aromatic rings. The second-order valence-electron chi connectivity index (χ2n) is 8.36. The Hall–Kier alpha value is -3.36. The standard InChI is InChI=1S/C25H28F3N3O3/c1-2-4-22(32)30-21-6-3-5-17(15-21)16-29-23(33)18-11-13-31(14-12-18)24(34)19-7-9-20(10-8-19)25(26,27)28/h3,5-10,15,18H,2,4,11-14,16H2,1H3,(H,29,33)(H,30,32). The molecule has 0 spiro atoms. The van der Waals surface area contributed by atoms with E-state index >= 15 is 0 Å². The third-order valence-electron chi connectivity index (χ3n) is 5.77. The predicted molar refractivity (Wildman–Crippen MR) is 122 cm³/mol. The summed E-state index contributed by atoms with van der Waals surface area (Å²) in [5.41, 5.74) is 0.938. The van der Waals surface area contributed by atoms with Gasteiger partial charge in [-0.1, -0.05) is 19.1 Å². The van der Waals surface area contributed by atoms with E-state index in [2.05, 4.69) is 10.6 Å². The van der Waals surface area contributed by atoms with E-state index in [1.54, 1.807) is 11.0 Å². The second-order valence-corrected chi connectivity index (χ2v) is 8.36. The Bertz CT molecular complexity index is 1010. The summed E-state index contributed by atoms with van der Waals surface area (Å²) < 4.78 is 38.1. The largest absolute Gasteiger partial charge is 0.416 e. The van der Waals surface area contributed by atoms with Gasteiger partial charge in [0.1, 0.15) is 0 Å². The van der Waals surface area contributed by atoms with Crippen molar-refractivity contribution < 1.29 is 27.6 Å². The molecule has 0 unspecified atom stereocenters. The molecule has 2 N–H and O–H groups in total. The summed E-state index contributed by atoms with van der Waals surface area (Å²) in [4.78, 5) is 38.5. The van der Waals surface area contributed by atoms with E-state index in [0.29, 0.717) is 44.6 Å². The average molecular weight is 476 g/mol. The molecule has 1 aliphatic rings. The summed E-state index contributed by atoms with van der Waals surface area (Å²) >= 11 is 0. The molecule has 1 aliphatic heterocycles. The molecule has 6 nitrogen and oxygen atoms in total. The minimum atomic E-state index is -4.45. The quantitative estimate of drug-likeness (QED) is 0.614. The van der Waals surface area contributed by atoms with Crippen LogP contribution in [0, 0.1) is 5.92 Å². The summed E-state index contributed by atoms with van der Waals surface area (Å²) in [6.07, 6.45) is -2.29. The molecule has 3 rings (SSSR count). The summed E-state index contributed by atoms with van der Waals surface area (Å²) in [5, 5.41) is 5.74. The highest BCUT2D eigenvalue weighted by molar-refractivity contribution is 5.94. The predicted octanol–water partition coefficient (Wildman–Crippen LogP) is 4.61. The number of amides is 3. The van der Waals surface area contributed by atoms with Crippen LogP contribution in [-0.4, -0.2) is 35.7 Å². The van der Waals surface area contributed by atoms with Gasteiger partial charge in [-0.3, -0.25) is 14.4 Å². The molecule has 3 amide bonds. The van der Waals surface area contributed by atoms with Gasteiger partial charge >= 0.3 is 6.18 Å². The van der Waals surface area contributed by atoms with Gasteiger partial charge in [0.15, 0.2) is 0 Å². The Morgan fingerprint density at radius 1 is 1.03 bits per heavy atom. The Balaban J connectivity index is 1.47. The Morgan fingerprint density at radius 3 is 2.32 bits per heavy atom. The van der Waals surface area contributed by atoms with E-state index < -0.39 is 11.7 Å². The molecule has 0 radical (unpaired) electrons. The Labute approximate surface area is 196 Å². The maximum atomic E-state index is 12.7. The summed E-state index contributed by atoms with van der Waals surface area (Å²) in [6, 6.07) is 11.5. The fraction of sp³-hybridized carbons (Fsp3) is 0.400. The highest BCUT2D eigenvalue weighted by Gasteiger charge is 2.31. The van der Waals surface area contributed by atoms with Crippen LogP contribution in [0.4, 0.5) is 18.9 Å². The minimum Gasteiger partial charge on any atom is -0.352 e. The number of hydrogen-bond donors (Lipinski definition) is 2. The first kappa shape index (κ1) is 25.3. The molecular formula is C25H28F3N3O3. The van der Waals surface area contributed by atoms with E-state index in [1.807, 2.05) is 25.1 Å². The van der Waals surface area contributed by atoms with Gasteiger partial charge in [-0.15, -0.1) is 0 Å². The molecule has 2 aromatic carbocycles. The number of anilines is 1. The van der Waals surface area contributed by atoms with Crippen molar-refractivity contribution in [1.82, 2.24) is 10.2 Å². The van der Waals surface area contributed by atoms with Crippen molar-refractivity contribution in [3.05, 3.63) is 65.2 Å². The molecule has 0 bridgehead atoms. The molecule has 1 heterocycles. The first-order valence-corrected chi connectivity index (χ1v) is 11.3. The molecule has 182 valence electrons. The molecule has 1 fully saturated rings. The van der Waals surface area contributed by atoms with Gasteiger partial charge in [-0.2, -0.15) is 13.2 Å². The minimum absolute atomic E-state index is 0.0544. The lowest BCUT2D eigenvalue weighted by Gasteiger charge is -2.31. The zero-order valence-corrected chi connectivity index (χ0v) is 19.0. The van der Waals surface area contributed by atoms with E-state index in [4.69, 9.17) is 0 Å². The maximum absolute atomic E-state index is 12.7. The SMILES string of the molecule is CCCC(=O)Nc1cccc(CNC(=O)C2CCN(C(=O)c3ccc(C(F)(F)F)cc3)CC2)c1. The number of alkyl halides is 3. The third-order valence-corrected chi connectivity index (χ3v) is 5.77. The fourth-order valence-corrected chi connectivity index (χ4v) is 3.87. The van der Waals surface area contributed by atoms with Gasteiger partial charge < -0.3 is 15.5 Å². The van der Waals surface area contributed by atoms with Crippen LogP contribution >= 0.6 is 0 Å². The summed E-state index contributed by atoms with van der Waals surface area (Å²) in [6.45, 7) is 2.97. The zero-order valence-electron chi connectivity index (χ0n) is 19.0. The number of halogens is 3. The van der Waals surface area contributed by atoms with E-state index in [-0.39, 0.29) is 29.2 Å². The lowest BCUT2D eigenvalue weighted by molar-refractivity contribution is -0.137. The molecule has 0 saturated carbocycles. The van der Waals surface area contributed by atoms with Gasteiger partial charge in [0.25, 0.3) is 5.91 Å². The zero-order chi connectivity index (χ0) is 24.7. The van der Waals surface area contributed by atoms with Crippen LogP contribution in [0.1, 0.15) is 54.1 Å². The van der Waals surface area contributed by atoms with Gasteiger partial charge in [0, 0.05) is 43.2 Å². The molecular weight excluding hydrogens is 447 g/mol. The monoisotopic (exact) mass is 475 g/mol. The topological polar surface area (TPSA) is 78.5 Å². The van der Waals surface area contributed by atoms with Crippen molar-refractivity contribution in [2.45, 2.75) is 45.3 Å². The van der Waals surface area contributed by atoms with Crippen LogP contribution in [-0.2, 0) is 22.3 Å². The number of likely N-dealkylation sites (tertiary alicyclic amines) is 1. The second kappa shape index (κ2) is 11.2. The fourth-order valence-electron chi connectivity index (χ4n) is 3.87. The number of carbonyl (C=O) groups is 3.